The van der Waals surface area contributed by atoms with E-state index in [-0.39, 0.29) is 63.5 Å². The van der Waals surface area contributed by atoms with Gasteiger partial charge in [0.2, 0.25) is 47.3 Å². The highest BCUT2D eigenvalue weighted by atomic mass is 16.4. The molecule has 0 unspecified atom stereocenters. The third-order valence-electron chi connectivity index (χ3n) is 8.27. The average Bonchev–Trinajstić information content (AvgIpc) is 3.16. The summed E-state index contributed by atoms with van der Waals surface area (Å²) in [4.78, 5) is 130. The minimum absolute atomic E-state index is 0.0118. The second-order valence-electron chi connectivity index (χ2n) is 13.9. The predicted molar refractivity (Wildman–Crippen MR) is 211 cm³/mol. The summed E-state index contributed by atoms with van der Waals surface area (Å²) >= 11 is 0. The molecule has 0 aliphatic rings. The normalized spacial score (nSPS) is 13.8. The van der Waals surface area contributed by atoms with Crippen molar-refractivity contribution in [3.05, 3.63) is 0 Å². The Labute approximate surface area is 345 Å². The summed E-state index contributed by atoms with van der Waals surface area (Å²) in [6.45, 7) is 1.34. The van der Waals surface area contributed by atoms with Crippen LogP contribution in [0.15, 0.2) is 4.99 Å². The van der Waals surface area contributed by atoms with Gasteiger partial charge in [0.15, 0.2) is 5.96 Å². The lowest BCUT2D eigenvalue weighted by molar-refractivity contribution is -0.143. The molecule has 0 saturated carbocycles. The zero-order chi connectivity index (χ0) is 45.9. The molecule has 8 amide bonds. The number of carboxylic acids is 2. The lowest BCUT2D eigenvalue weighted by Crippen LogP contribution is -2.59. The number of amides is 8. The first-order valence-electron chi connectivity index (χ1n) is 19.0. The van der Waals surface area contributed by atoms with Crippen LogP contribution in [0, 0.1) is 5.92 Å². The Morgan fingerprint density at radius 2 is 1.10 bits per heavy atom. The number of nitrogens with zero attached hydrogens (tertiary/aromatic N) is 1. The van der Waals surface area contributed by atoms with Crippen molar-refractivity contribution in [3.8, 4) is 0 Å². The maximum atomic E-state index is 13.9. The molecule has 26 heteroatoms. The highest BCUT2D eigenvalue weighted by Crippen LogP contribution is 2.10. The molecule has 26 nitrogen and oxygen atoms in total. The maximum Gasteiger partial charge on any atom is 0.328 e. The lowest BCUT2D eigenvalue weighted by Gasteiger charge is -2.27. The number of hydrogen-bond acceptors (Lipinski definition) is 14. The van der Waals surface area contributed by atoms with Gasteiger partial charge in [-0.3, -0.25) is 48.1 Å². The predicted octanol–water partition coefficient (Wildman–Crippen LogP) is -6.98. The molecule has 0 radical (unpaired) electrons. The van der Waals surface area contributed by atoms with Gasteiger partial charge in [-0.15, -0.1) is 0 Å². The number of hydrogen-bond donors (Lipinski definition) is 15. The van der Waals surface area contributed by atoms with E-state index in [4.69, 9.17) is 38.9 Å². The molecule has 0 rings (SSSR count). The van der Waals surface area contributed by atoms with E-state index >= 15 is 0 Å². The number of carbonyl (C=O) groups is 10. The van der Waals surface area contributed by atoms with E-state index < -0.39 is 122 Å². The van der Waals surface area contributed by atoms with Crippen molar-refractivity contribution >= 4 is 65.2 Å². The Morgan fingerprint density at radius 3 is 1.57 bits per heavy atom. The van der Waals surface area contributed by atoms with Crippen molar-refractivity contribution in [2.75, 3.05) is 32.8 Å². The number of aliphatic hydroxyl groups is 1. The van der Waals surface area contributed by atoms with Crippen LogP contribution in [0.1, 0.15) is 71.6 Å². The number of aliphatic hydroxyl groups excluding tert-OH is 1. The van der Waals surface area contributed by atoms with Crippen LogP contribution in [-0.4, -0.2) is 150 Å². The van der Waals surface area contributed by atoms with Gasteiger partial charge in [0.1, 0.15) is 36.3 Å². The first-order chi connectivity index (χ1) is 28.1. The summed E-state index contributed by atoms with van der Waals surface area (Å²) in [5, 5.41) is 43.8. The van der Waals surface area contributed by atoms with Crippen molar-refractivity contribution in [1.29, 1.82) is 0 Å². The monoisotopic (exact) mass is 859 g/mol. The van der Waals surface area contributed by atoms with Crippen molar-refractivity contribution in [1.82, 2.24) is 37.2 Å². The van der Waals surface area contributed by atoms with Gasteiger partial charge < -0.3 is 81.2 Å². The van der Waals surface area contributed by atoms with E-state index in [2.05, 4.69) is 36.9 Å². The van der Waals surface area contributed by atoms with Gasteiger partial charge in [0, 0.05) is 13.0 Å². The van der Waals surface area contributed by atoms with E-state index in [1.54, 1.807) is 13.8 Å². The molecule has 0 spiro atoms. The molecule has 0 heterocycles. The number of primary amides is 1. The van der Waals surface area contributed by atoms with Gasteiger partial charge in [-0.1, -0.05) is 13.8 Å². The Kier molecular flexibility index (Phi) is 26.1. The van der Waals surface area contributed by atoms with Gasteiger partial charge in [-0.05, 0) is 57.4 Å². The summed E-state index contributed by atoms with van der Waals surface area (Å²) in [5.41, 5.74) is 27.0. The van der Waals surface area contributed by atoms with E-state index in [1.165, 1.54) is 0 Å². The summed E-state index contributed by atoms with van der Waals surface area (Å²) in [6, 6.07) is -8.94. The molecular weight excluding hydrogens is 798 g/mol. The number of carboxylic acid groups (broad SMARTS) is 2. The molecule has 0 aliphatic carbocycles. The Hall–Kier alpha value is -6.15. The SMILES string of the molecule is CC(C)C[C@H](NC(=O)[C@H](CCCN=C(N)N)NC(=O)[C@H](CCCCN)NC(=O)[C@H](CCC(N)=O)NC(=O)CN)C(=O)N[C@@H](CC(=O)O)C(=O)NCC(=O)N[C@H](CO)C(=O)O. The van der Waals surface area contributed by atoms with Crippen molar-refractivity contribution in [2.45, 2.75) is 108 Å². The van der Waals surface area contributed by atoms with Gasteiger partial charge in [-0.2, -0.15) is 0 Å². The number of nitrogens with two attached hydrogens (primary N) is 5. The fourth-order valence-electron chi connectivity index (χ4n) is 5.24. The first kappa shape index (κ1) is 53.8. The molecule has 0 saturated heterocycles. The van der Waals surface area contributed by atoms with Gasteiger partial charge in [0.25, 0.3) is 0 Å². The Bertz CT molecular complexity index is 1530. The van der Waals surface area contributed by atoms with Crippen molar-refractivity contribution in [3.63, 3.8) is 0 Å². The maximum absolute atomic E-state index is 13.9. The fourth-order valence-corrected chi connectivity index (χ4v) is 5.24. The lowest BCUT2D eigenvalue weighted by atomic mass is 10.0. The van der Waals surface area contributed by atoms with Gasteiger partial charge in [-0.25, -0.2) is 4.79 Å². The number of rotatable bonds is 31. The number of unbranched alkanes of at least 4 members (excludes halogenated alkanes) is 1. The fraction of sp³-hybridized carbons (Fsp3) is 0.676. The molecule has 6 atom stereocenters. The molecule has 0 aromatic carbocycles. The van der Waals surface area contributed by atoms with Crippen molar-refractivity contribution in [2.24, 2.45) is 39.6 Å². The summed E-state index contributed by atoms with van der Waals surface area (Å²) in [7, 11) is 0. The number of guanidine groups is 1. The topological polar surface area (TPSA) is 458 Å². The number of aliphatic imine (C=N–C) groups is 1. The zero-order valence-electron chi connectivity index (χ0n) is 33.7. The van der Waals surface area contributed by atoms with Gasteiger partial charge >= 0.3 is 11.9 Å². The first-order valence-corrected chi connectivity index (χ1v) is 19.0. The minimum Gasteiger partial charge on any atom is -0.481 e. The molecular formula is C34H61N13O13. The number of nitrogens with one attached hydrogen (secondary N) is 7. The summed E-state index contributed by atoms with van der Waals surface area (Å²) in [5.74, 6) is -11.0. The van der Waals surface area contributed by atoms with E-state index in [0.717, 1.165) is 0 Å². The average molecular weight is 860 g/mol. The number of carbonyl (C=O) groups excluding carboxylic acids is 8. The van der Waals surface area contributed by atoms with Crippen LogP contribution >= 0.6 is 0 Å². The minimum atomic E-state index is -1.79. The summed E-state index contributed by atoms with van der Waals surface area (Å²) in [6.07, 6.45) is -0.783. The van der Waals surface area contributed by atoms with Gasteiger partial charge in [0.05, 0.1) is 26.1 Å². The third-order valence-corrected chi connectivity index (χ3v) is 8.27. The highest BCUT2D eigenvalue weighted by molar-refractivity contribution is 5.98. The number of aliphatic carboxylic acids is 2. The van der Waals surface area contributed by atoms with Crippen LogP contribution in [0.3, 0.4) is 0 Å². The van der Waals surface area contributed by atoms with Crippen LogP contribution in [-0.2, 0) is 47.9 Å². The molecule has 340 valence electrons. The molecule has 60 heavy (non-hydrogen) atoms. The zero-order valence-corrected chi connectivity index (χ0v) is 33.7. The molecule has 0 aliphatic heterocycles. The molecule has 0 bridgehead atoms. The molecule has 20 N–H and O–H groups in total. The highest BCUT2D eigenvalue weighted by Gasteiger charge is 2.33. The van der Waals surface area contributed by atoms with Crippen LogP contribution in [0.5, 0.6) is 0 Å². The third kappa shape index (κ3) is 23.3. The van der Waals surface area contributed by atoms with Crippen LogP contribution < -0.4 is 65.9 Å². The van der Waals surface area contributed by atoms with Crippen molar-refractivity contribution < 1.29 is 63.3 Å². The van der Waals surface area contributed by atoms with E-state index in [9.17, 15) is 53.1 Å². The second kappa shape index (κ2) is 29.1. The second-order valence-corrected chi connectivity index (χ2v) is 13.9. The van der Waals surface area contributed by atoms with Crippen LogP contribution in [0.25, 0.3) is 0 Å². The van der Waals surface area contributed by atoms with Crippen LogP contribution in [0.4, 0.5) is 0 Å². The van der Waals surface area contributed by atoms with E-state index in [0.29, 0.717) is 12.8 Å². The molecule has 0 aromatic heterocycles. The largest absolute Gasteiger partial charge is 0.481 e. The van der Waals surface area contributed by atoms with Crippen LogP contribution in [0.2, 0.25) is 0 Å². The quantitative estimate of drug-likeness (QED) is 0.0175. The Morgan fingerprint density at radius 1 is 0.600 bits per heavy atom. The Balaban J connectivity index is 6.44. The molecule has 0 aromatic rings. The smallest absolute Gasteiger partial charge is 0.328 e. The summed E-state index contributed by atoms with van der Waals surface area (Å²) < 4.78 is 0. The molecule has 0 fully saturated rings. The van der Waals surface area contributed by atoms with E-state index in [1.807, 2.05) is 5.32 Å². The standard InChI is InChI=1S/C34H61N13O13/c1-17(2)12-21(32(58)47-22(13-27(52)53)28(54)41-15-26(51)43-23(16-48)33(59)60)46-30(56)19(7-5-11-40-34(38)39)45-29(55)18(6-3-4-10-35)44-31(57)20(8-9-24(37)49)42-25(50)14-36/h17-23,48H,3-16,35-36H2,1-2H3,(H2,37,49)(H,41,54)(H,42,50)(H,43,51)(H,44,57)(H,45,55)(H,46,56)(H,47,58)(H,52,53)(H,59,60)(H4,38,39,40)/t18-,19-,20-,21-,22-,23+/m0/s1.